The van der Waals surface area contributed by atoms with E-state index < -0.39 is 0 Å². The van der Waals surface area contributed by atoms with Crippen LogP contribution in [0.5, 0.6) is 0 Å². The standard InChI is InChI=1S/C18H32N4O4/c1-3-24-17(25-4-2)14-22-13-16(20-21-22)18(23)19-11-8-12-26-15-9-6-5-7-10-15/h13,15,17H,3-12,14H2,1-2H3,(H,19,23). The van der Waals surface area contributed by atoms with Crippen LogP contribution in [0.2, 0.25) is 0 Å². The Morgan fingerprint density at radius 2 is 2.00 bits per heavy atom. The van der Waals surface area contributed by atoms with Crippen molar-refractivity contribution in [2.45, 2.75) is 71.3 Å². The molecule has 1 N–H and O–H groups in total. The first kappa shape index (κ1) is 20.8. The fourth-order valence-electron chi connectivity index (χ4n) is 3.02. The zero-order valence-corrected chi connectivity index (χ0v) is 16.0. The Morgan fingerprint density at radius 1 is 1.27 bits per heavy atom. The number of nitrogens with one attached hydrogen (secondary N) is 1. The van der Waals surface area contributed by atoms with Gasteiger partial charge in [-0.1, -0.05) is 24.5 Å². The Morgan fingerprint density at radius 3 is 2.69 bits per heavy atom. The summed E-state index contributed by atoms with van der Waals surface area (Å²) in [6.45, 7) is 6.57. The molecule has 26 heavy (non-hydrogen) atoms. The predicted molar refractivity (Wildman–Crippen MR) is 96.8 cm³/mol. The molecule has 0 aromatic carbocycles. The SMILES string of the molecule is CCOC(Cn1cc(C(=O)NCCCOC2CCCCC2)nn1)OCC. The Hall–Kier alpha value is -1.51. The van der Waals surface area contributed by atoms with Crippen LogP contribution in [-0.2, 0) is 20.8 Å². The molecule has 1 amide bonds. The molecule has 1 aliphatic carbocycles. The number of hydrogen-bond donors (Lipinski definition) is 1. The lowest BCUT2D eigenvalue weighted by atomic mass is 9.98. The molecule has 1 fully saturated rings. The van der Waals surface area contributed by atoms with Gasteiger partial charge in [-0.05, 0) is 33.1 Å². The van der Waals surface area contributed by atoms with Gasteiger partial charge in [0.25, 0.3) is 5.91 Å². The van der Waals surface area contributed by atoms with Gasteiger partial charge in [-0.15, -0.1) is 5.10 Å². The van der Waals surface area contributed by atoms with Gasteiger partial charge >= 0.3 is 0 Å². The quantitative estimate of drug-likeness (QED) is 0.449. The average Bonchev–Trinajstić information content (AvgIpc) is 3.11. The highest BCUT2D eigenvalue weighted by atomic mass is 16.7. The summed E-state index contributed by atoms with van der Waals surface area (Å²) in [6.07, 6.45) is 8.62. The lowest BCUT2D eigenvalue weighted by molar-refractivity contribution is -0.145. The van der Waals surface area contributed by atoms with Crippen LogP contribution in [0.1, 0.15) is 62.9 Å². The molecule has 1 aromatic rings. The van der Waals surface area contributed by atoms with Crippen molar-refractivity contribution in [2.24, 2.45) is 0 Å². The molecular weight excluding hydrogens is 336 g/mol. The number of ether oxygens (including phenoxy) is 3. The zero-order chi connectivity index (χ0) is 18.6. The normalized spacial score (nSPS) is 15.5. The van der Waals surface area contributed by atoms with E-state index in [2.05, 4.69) is 15.6 Å². The van der Waals surface area contributed by atoms with Crippen LogP contribution in [-0.4, -0.2) is 59.7 Å². The molecule has 8 heteroatoms. The lowest BCUT2D eigenvalue weighted by Crippen LogP contribution is -2.26. The van der Waals surface area contributed by atoms with Crippen molar-refractivity contribution < 1.29 is 19.0 Å². The van der Waals surface area contributed by atoms with E-state index in [1.807, 2.05) is 13.8 Å². The van der Waals surface area contributed by atoms with Crippen molar-refractivity contribution in [1.82, 2.24) is 20.3 Å². The van der Waals surface area contributed by atoms with Crippen LogP contribution in [0.25, 0.3) is 0 Å². The van der Waals surface area contributed by atoms with Gasteiger partial charge in [0.1, 0.15) is 0 Å². The van der Waals surface area contributed by atoms with E-state index in [9.17, 15) is 4.79 Å². The minimum atomic E-state index is -0.389. The highest BCUT2D eigenvalue weighted by Gasteiger charge is 2.15. The first-order valence-electron chi connectivity index (χ1n) is 9.76. The summed E-state index contributed by atoms with van der Waals surface area (Å²) in [6, 6.07) is 0. The second-order valence-corrected chi connectivity index (χ2v) is 6.41. The van der Waals surface area contributed by atoms with Crippen LogP contribution in [0, 0.1) is 0 Å². The number of hydrogen-bond acceptors (Lipinski definition) is 6. The molecule has 0 saturated heterocycles. The van der Waals surface area contributed by atoms with E-state index in [-0.39, 0.29) is 12.2 Å². The van der Waals surface area contributed by atoms with E-state index in [1.54, 1.807) is 10.9 Å². The molecule has 0 spiro atoms. The van der Waals surface area contributed by atoms with Crippen molar-refractivity contribution in [3.63, 3.8) is 0 Å². The molecule has 1 heterocycles. The number of rotatable bonds is 12. The minimum absolute atomic E-state index is 0.224. The van der Waals surface area contributed by atoms with Gasteiger partial charge in [0.2, 0.25) is 0 Å². The molecule has 0 unspecified atom stereocenters. The number of carbonyl (C=O) groups excluding carboxylic acids is 1. The Balaban J connectivity index is 1.65. The van der Waals surface area contributed by atoms with E-state index in [1.165, 1.54) is 32.1 Å². The van der Waals surface area contributed by atoms with Crippen LogP contribution >= 0.6 is 0 Å². The van der Waals surface area contributed by atoms with Gasteiger partial charge in [0.15, 0.2) is 12.0 Å². The van der Waals surface area contributed by atoms with Crippen molar-refractivity contribution >= 4 is 5.91 Å². The van der Waals surface area contributed by atoms with Crippen molar-refractivity contribution in [1.29, 1.82) is 0 Å². The summed E-state index contributed by atoms with van der Waals surface area (Å²) in [5.41, 5.74) is 0.296. The highest BCUT2D eigenvalue weighted by molar-refractivity contribution is 5.91. The summed E-state index contributed by atoms with van der Waals surface area (Å²) in [7, 11) is 0. The lowest BCUT2D eigenvalue weighted by Gasteiger charge is -2.21. The van der Waals surface area contributed by atoms with Crippen LogP contribution in [0.4, 0.5) is 0 Å². The number of amides is 1. The summed E-state index contributed by atoms with van der Waals surface area (Å²) >= 11 is 0. The molecule has 0 atom stereocenters. The molecule has 0 radical (unpaired) electrons. The summed E-state index contributed by atoms with van der Waals surface area (Å²) < 4.78 is 18.4. The van der Waals surface area contributed by atoms with Crippen LogP contribution in [0.3, 0.4) is 0 Å². The Kier molecular flexibility index (Phi) is 9.58. The first-order valence-corrected chi connectivity index (χ1v) is 9.76. The summed E-state index contributed by atoms with van der Waals surface area (Å²) in [5, 5.41) is 10.7. The van der Waals surface area contributed by atoms with E-state index in [0.717, 1.165) is 6.42 Å². The van der Waals surface area contributed by atoms with E-state index >= 15 is 0 Å². The molecule has 8 nitrogen and oxygen atoms in total. The van der Waals surface area contributed by atoms with Gasteiger partial charge < -0.3 is 19.5 Å². The maximum Gasteiger partial charge on any atom is 0.273 e. The number of nitrogens with zero attached hydrogens (tertiary/aromatic N) is 3. The molecule has 148 valence electrons. The van der Waals surface area contributed by atoms with Gasteiger partial charge in [-0.25, -0.2) is 4.68 Å². The number of carbonyl (C=O) groups is 1. The highest BCUT2D eigenvalue weighted by Crippen LogP contribution is 2.20. The number of aromatic nitrogens is 3. The van der Waals surface area contributed by atoms with Gasteiger partial charge in [0.05, 0.1) is 18.8 Å². The monoisotopic (exact) mass is 368 g/mol. The molecule has 1 aliphatic rings. The topological polar surface area (TPSA) is 87.5 Å². The van der Waals surface area contributed by atoms with Crippen molar-refractivity contribution in [3.8, 4) is 0 Å². The maximum atomic E-state index is 12.1. The third-order valence-electron chi connectivity index (χ3n) is 4.32. The smallest absolute Gasteiger partial charge is 0.273 e. The van der Waals surface area contributed by atoms with Crippen molar-refractivity contribution in [2.75, 3.05) is 26.4 Å². The molecule has 2 rings (SSSR count). The Bertz CT molecular complexity index is 511. The van der Waals surface area contributed by atoms with E-state index in [0.29, 0.717) is 44.7 Å². The molecule has 1 aromatic heterocycles. The third-order valence-corrected chi connectivity index (χ3v) is 4.32. The van der Waals surface area contributed by atoms with Crippen LogP contribution in [0.15, 0.2) is 6.20 Å². The van der Waals surface area contributed by atoms with Gasteiger partial charge in [0, 0.05) is 26.4 Å². The fourth-order valence-corrected chi connectivity index (χ4v) is 3.02. The zero-order valence-electron chi connectivity index (χ0n) is 16.0. The molecular formula is C18H32N4O4. The molecule has 0 bridgehead atoms. The fraction of sp³-hybridized carbons (Fsp3) is 0.833. The van der Waals surface area contributed by atoms with Gasteiger partial charge in [-0.3, -0.25) is 4.79 Å². The van der Waals surface area contributed by atoms with Gasteiger partial charge in [-0.2, -0.15) is 0 Å². The summed E-state index contributed by atoms with van der Waals surface area (Å²) in [5.74, 6) is -0.224. The molecule has 1 saturated carbocycles. The maximum absolute atomic E-state index is 12.1. The largest absolute Gasteiger partial charge is 0.378 e. The summed E-state index contributed by atoms with van der Waals surface area (Å²) in [4.78, 5) is 12.1. The minimum Gasteiger partial charge on any atom is -0.378 e. The second kappa shape index (κ2) is 12.0. The average molecular weight is 368 g/mol. The second-order valence-electron chi connectivity index (χ2n) is 6.41. The molecule has 0 aliphatic heterocycles. The third kappa shape index (κ3) is 7.39. The van der Waals surface area contributed by atoms with Crippen molar-refractivity contribution in [3.05, 3.63) is 11.9 Å². The first-order chi connectivity index (χ1) is 12.7. The van der Waals surface area contributed by atoms with Crippen LogP contribution < -0.4 is 5.32 Å². The Labute approximate surface area is 155 Å². The predicted octanol–water partition coefficient (Wildman–Crippen LogP) is 2.15. The van der Waals surface area contributed by atoms with E-state index in [4.69, 9.17) is 14.2 Å².